The van der Waals surface area contributed by atoms with Gasteiger partial charge in [0.1, 0.15) is 0 Å². The van der Waals surface area contributed by atoms with Crippen LogP contribution in [0.5, 0.6) is 0 Å². The van der Waals surface area contributed by atoms with Gasteiger partial charge in [-0.3, -0.25) is 4.79 Å². The summed E-state index contributed by atoms with van der Waals surface area (Å²) >= 11 is 0. The average Bonchev–Trinajstić information content (AvgIpc) is 3.00. The number of amides is 1. The number of benzene rings is 4. The monoisotopic (exact) mass is 519 g/mol. The predicted molar refractivity (Wildman–Crippen MR) is 157 cm³/mol. The Labute approximate surface area is 231 Å². The molecule has 0 radical (unpaired) electrons. The molecule has 39 heavy (non-hydrogen) atoms. The van der Waals surface area contributed by atoms with E-state index < -0.39 is 11.9 Å². The Morgan fingerprint density at radius 1 is 0.821 bits per heavy atom. The summed E-state index contributed by atoms with van der Waals surface area (Å²) in [6.45, 7) is 2.79. The topological polar surface area (TPSA) is 46.6 Å². The van der Waals surface area contributed by atoms with E-state index in [0.29, 0.717) is 19.0 Å². The zero-order chi connectivity index (χ0) is 27.0. The third-order valence-corrected chi connectivity index (χ3v) is 8.03. The van der Waals surface area contributed by atoms with Crippen LogP contribution in [0, 0.1) is 5.92 Å². The van der Waals surface area contributed by atoms with Crippen LogP contribution in [0.1, 0.15) is 56.1 Å². The van der Waals surface area contributed by atoms with E-state index >= 15 is 0 Å². The van der Waals surface area contributed by atoms with Crippen molar-refractivity contribution in [3.63, 3.8) is 0 Å². The van der Waals surface area contributed by atoms with Crippen LogP contribution in [-0.4, -0.2) is 29.9 Å². The number of nitrogens with zero attached hydrogens (tertiary/aromatic N) is 1. The molecular weight excluding hydrogens is 482 g/mol. The molecule has 200 valence electrons. The minimum atomic E-state index is -0.776. The Balaban J connectivity index is 1.46. The van der Waals surface area contributed by atoms with Gasteiger partial charge < -0.3 is 9.64 Å². The van der Waals surface area contributed by atoms with Crippen molar-refractivity contribution in [3.05, 3.63) is 108 Å². The largest absolute Gasteiger partial charge is 0.459 e. The number of hydrogen-bond donors (Lipinski definition) is 0. The zero-order valence-corrected chi connectivity index (χ0v) is 22.7. The maximum absolute atomic E-state index is 13.3. The van der Waals surface area contributed by atoms with Crippen molar-refractivity contribution in [1.29, 1.82) is 0 Å². The Hall–Kier alpha value is -3.92. The van der Waals surface area contributed by atoms with Crippen LogP contribution in [-0.2, 0) is 20.9 Å². The molecule has 1 aliphatic carbocycles. The second-order valence-corrected chi connectivity index (χ2v) is 10.5. The summed E-state index contributed by atoms with van der Waals surface area (Å²) in [6.07, 6.45) is 5.96. The van der Waals surface area contributed by atoms with Gasteiger partial charge in [-0.25, -0.2) is 4.79 Å². The fourth-order valence-corrected chi connectivity index (χ4v) is 6.03. The molecule has 0 aromatic heterocycles. The van der Waals surface area contributed by atoms with Gasteiger partial charge in [-0.2, -0.15) is 0 Å². The summed E-state index contributed by atoms with van der Waals surface area (Å²) in [4.78, 5) is 27.6. The first-order chi connectivity index (χ1) is 19.1. The van der Waals surface area contributed by atoms with E-state index in [0.717, 1.165) is 18.4 Å². The zero-order valence-electron chi connectivity index (χ0n) is 22.7. The van der Waals surface area contributed by atoms with Crippen molar-refractivity contribution < 1.29 is 14.3 Å². The van der Waals surface area contributed by atoms with E-state index in [1.165, 1.54) is 46.7 Å². The van der Waals surface area contributed by atoms with Gasteiger partial charge in [0.2, 0.25) is 0 Å². The third-order valence-electron chi connectivity index (χ3n) is 8.03. The van der Waals surface area contributed by atoms with E-state index in [1.807, 2.05) is 30.3 Å². The van der Waals surface area contributed by atoms with Gasteiger partial charge >= 0.3 is 11.9 Å². The second-order valence-electron chi connectivity index (χ2n) is 10.5. The third kappa shape index (κ3) is 6.39. The van der Waals surface area contributed by atoms with E-state index in [1.54, 1.807) is 11.8 Å². The number of rotatable bonds is 8. The number of fused-ring (bicyclic) bond motifs is 1. The predicted octanol–water partition coefficient (Wildman–Crippen LogP) is 7.76. The van der Waals surface area contributed by atoms with Crippen LogP contribution in [0.15, 0.2) is 97.1 Å². The van der Waals surface area contributed by atoms with Gasteiger partial charge in [0.15, 0.2) is 0 Å². The molecule has 0 bridgehead atoms. The fourth-order valence-electron chi connectivity index (χ4n) is 6.03. The van der Waals surface area contributed by atoms with E-state index in [4.69, 9.17) is 4.74 Å². The van der Waals surface area contributed by atoms with Crippen LogP contribution >= 0.6 is 0 Å². The van der Waals surface area contributed by atoms with Gasteiger partial charge in [0.25, 0.3) is 0 Å². The van der Waals surface area contributed by atoms with Crippen LogP contribution in [0.2, 0.25) is 0 Å². The van der Waals surface area contributed by atoms with Crippen LogP contribution in [0.4, 0.5) is 0 Å². The maximum Gasteiger partial charge on any atom is 0.397 e. The molecule has 4 heteroatoms. The highest BCUT2D eigenvalue weighted by molar-refractivity contribution is 6.32. The van der Waals surface area contributed by atoms with Crippen LogP contribution in [0.25, 0.3) is 21.9 Å². The Kier molecular flexibility index (Phi) is 8.72. The first-order valence-electron chi connectivity index (χ1n) is 14.2. The first-order valence-corrected chi connectivity index (χ1v) is 14.2. The van der Waals surface area contributed by atoms with E-state index in [-0.39, 0.29) is 12.5 Å². The average molecular weight is 520 g/mol. The molecule has 1 fully saturated rings. The molecule has 1 aliphatic rings. The van der Waals surface area contributed by atoms with Gasteiger partial charge in [0.05, 0.1) is 6.61 Å². The lowest BCUT2D eigenvalue weighted by Crippen LogP contribution is -2.41. The number of esters is 1. The van der Waals surface area contributed by atoms with Crippen molar-refractivity contribution in [2.24, 2.45) is 5.92 Å². The quantitative estimate of drug-likeness (QED) is 0.176. The number of carbonyl (C=O) groups is 2. The Bertz CT molecular complexity index is 1390. The highest BCUT2D eigenvalue weighted by atomic mass is 16.5. The normalized spacial score (nSPS) is 14.6. The standard InChI is InChI=1S/C35H37NO3/c1-2-39-35(38)34(37)36(24-26-12-5-3-6-13-26)25-33(28-14-7-4-8-15-28)30-22-20-29(21-23-30)32-19-11-17-27-16-9-10-18-31(27)32/h3,5-6,9-13,16-23,28,33H,2,4,7-8,14-15,24-25H2,1H3. The fraction of sp³-hybridized carbons (Fsp3) is 0.314. The molecule has 4 nitrogen and oxygen atoms in total. The van der Waals surface area contributed by atoms with Crippen molar-refractivity contribution in [3.8, 4) is 11.1 Å². The van der Waals surface area contributed by atoms with Crippen molar-refractivity contribution >= 4 is 22.6 Å². The lowest BCUT2D eigenvalue weighted by atomic mass is 9.76. The molecule has 4 aromatic carbocycles. The lowest BCUT2D eigenvalue weighted by Gasteiger charge is -2.35. The molecule has 1 unspecified atom stereocenters. The van der Waals surface area contributed by atoms with Crippen LogP contribution < -0.4 is 0 Å². The molecule has 1 atom stereocenters. The van der Waals surface area contributed by atoms with E-state index in [2.05, 4.69) is 66.7 Å². The minimum absolute atomic E-state index is 0.147. The number of hydrogen-bond acceptors (Lipinski definition) is 3. The van der Waals surface area contributed by atoms with Crippen molar-refractivity contribution in [1.82, 2.24) is 4.90 Å². The van der Waals surface area contributed by atoms with Gasteiger partial charge in [0, 0.05) is 19.0 Å². The molecule has 5 rings (SSSR count). The summed E-state index contributed by atoms with van der Waals surface area (Å²) in [5.74, 6) is -0.722. The van der Waals surface area contributed by atoms with Gasteiger partial charge in [-0.1, -0.05) is 116 Å². The Morgan fingerprint density at radius 3 is 2.26 bits per heavy atom. The molecule has 0 spiro atoms. The molecule has 0 N–H and O–H groups in total. The summed E-state index contributed by atoms with van der Waals surface area (Å²) in [5, 5.41) is 2.47. The SMILES string of the molecule is CCOC(=O)C(=O)N(Cc1ccccc1)CC(c1ccc(-c2cccc3ccccc23)cc1)C1CCCCC1. The van der Waals surface area contributed by atoms with Crippen LogP contribution in [0.3, 0.4) is 0 Å². The first kappa shape index (κ1) is 26.7. The highest BCUT2D eigenvalue weighted by Gasteiger charge is 2.31. The number of ether oxygens (including phenoxy) is 1. The molecule has 0 heterocycles. The molecule has 1 amide bonds. The van der Waals surface area contributed by atoms with Gasteiger partial charge in [-0.15, -0.1) is 0 Å². The molecule has 1 saturated carbocycles. The molecular formula is C35H37NO3. The van der Waals surface area contributed by atoms with E-state index in [9.17, 15) is 9.59 Å². The maximum atomic E-state index is 13.3. The molecule has 0 saturated heterocycles. The smallest absolute Gasteiger partial charge is 0.397 e. The Morgan fingerprint density at radius 2 is 1.51 bits per heavy atom. The van der Waals surface area contributed by atoms with Gasteiger partial charge in [-0.05, 0) is 58.7 Å². The number of carbonyl (C=O) groups excluding carboxylic acids is 2. The summed E-state index contributed by atoms with van der Waals surface area (Å²) in [5.41, 5.74) is 4.63. The minimum Gasteiger partial charge on any atom is -0.459 e. The summed E-state index contributed by atoms with van der Waals surface area (Å²) in [7, 11) is 0. The summed E-state index contributed by atoms with van der Waals surface area (Å²) in [6, 6.07) is 33.7. The van der Waals surface area contributed by atoms with Crippen molar-refractivity contribution in [2.45, 2.75) is 51.5 Å². The molecule has 0 aliphatic heterocycles. The summed E-state index contributed by atoms with van der Waals surface area (Å²) < 4.78 is 5.12. The van der Waals surface area contributed by atoms with Crippen molar-refractivity contribution in [2.75, 3.05) is 13.2 Å². The second kappa shape index (κ2) is 12.8. The highest BCUT2D eigenvalue weighted by Crippen LogP contribution is 2.38. The molecule has 4 aromatic rings. The lowest BCUT2D eigenvalue weighted by molar-refractivity contribution is -0.160.